The summed E-state index contributed by atoms with van der Waals surface area (Å²) >= 11 is 1.39. The van der Waals surface area contributed by atoms with E-state index >= 15 is 0 Å². The van der Waals surface area contributed by atoms with E-state index in [9.17, 15) is 4.79 Å². The maximum absolute atomic E-state index is 12.5. The molecule has 31 heavy (non-hydrogen) atoms. The van der Waals surface area contributed by atoms with E-state index in [-0.39, 0.29) is 17.8 Å². The molecular weight excluding hydrogens is 418 g/mol. The molecule has 1 aromatic heterocycles. The van der Waals surface area contributed by atoms with Gasteiger partial charge in [0.1, 0.15) is 5.75 Å². The third-order valence-electron chi connectivity index (χ3n) is 5.18. The summed E-state index contributed by atoms with van der Waals surface area (Å²) in [5.74, 6) is 1.77. The minimum absolute atomic E-state index is 0.0891. The molecule has 2 saturated heterocycles. The van der Waals surface area contributed by atoms with Gasteiger partial charge < -0.3 is 24.4 Å². The Bertz CT molecular complexity index is 848. The summed E-state index contributed by atoms with van der Waals surface area (Å²) in [5.41, 5.74) is 0.740. The Morgan fingerprint density at radius 2 is 2.03 bits per heavy atom. The number of carbonyl (C=O) groups excluding carboxylic acids is 1. The second-order valence-electron chi connectivity index (χ2n) is 7.42. The average molecular weight is 448 g/mol. The number of rotatable bonds is 9. The third kappa shape index (κ3) is 5.90. The van der Waals surface area contributed by atoms with Crippen molar-refractivity contribution in [2.75, 3.05) is 55.5 Å². The molecule has 10 heteroatoms. The number of thioether (sulfide) groups is 1. The van der Waals surface area contributed by atoms with Crippen LogP contribution in [0.15, 0.2) is 29.4 Å². The van der Waals surface area contributed by atoms with Crippen LogP contribution >= 0.6 is 11.8 Å². The van der Waals surface area contributed by atoms with Gasteiger partial charge in [-0.1, -0.05) is 11.8 Å². The first-order valence-electron chi connectivity index (χ1n) is 10.8. The summed E-state index contributed by atoms with van der Waals surface area (Å²) in [6.07, 6.45) is 2.27. The van der Waals surface area contributed by atoms with Gasteiger partial charge in [-0.3, -0.25) is 9.36 Å². The van der Waals surface area contributed by atoms with E-state index in [1.807, 2.05) is 31.2 Å². The molecule has 0 radical (unpaired) electrons. The highest BCUT2D eigenvalue weighted by Crippen LogP contribution is 2.26. The molecule has 2 aliphatic rings. The van der Waals surface area contributed by atoms with E-state index in [1.54, 1.807) is 0 Å². The number of anilines is 2. The van der Waals surface area contributed by atoms with Crippen LogP contribution in [0.3, 0.4) is 0 Å². The highest BCUT2D eigenvalue weighted by atomic mass is 32.2. The van der Waals surface area contributed by atoms with Crippen molar-refractivity contribution in [3.63, 3.8) is 0 Å². The zero-order valence-electron chi connectivity index (χ0n) is 17.8. The number of nitrogens with one attached hydrogen (secondary N) is 1. The van der Waals surface area contributed by atoms with Gasteiger partial charge in [0.15, 0.2) is 5.16 Å². The lowest BCUT2D eigenvalue weighted by Crippen LogP contribution is -2.38. The van der Waals surface area contributed by atoms with E-state index in [2.05, 4.69) is 25.0 Å². The topological polar surface area (TPSA) is 90.7 Å². The first-order chi connectivity index (χ1) is 15.2. The van der Waals surface area contributed by atoms with Crippen molar-refractivity contribution in [3.8, 4) is 5.75 Å². The van der Waals surface area contributed by atoms with E-state index < -0.39 is 0 Å². The Labute approximate surface area is 186 Å². The van der Waals surface area contributed by atoms with Crippen molar-refractivity contribution < 1.29 is 19.0 Å². The van der Waals surface area contributed by atoms with Crippen LogP contribution in [0.25, 0.3) is 0 Å². The highest BCUT2D eigenvalue weighted by Gasteiger charge is 2.25. The zero-order chi connectivity index (χ0) is 21.5. The maximum atomic E-state index is 12.5. The van der Waals surface area contributed by atoms with Crippen LogP contribution in [-0.2, 0) is 20.8 Å². The predicted molar refractivity (Wildman–Crippen MR) is 119 cm³/mol. The summed E-state index contributed by atoms with van der Waals surface area (Å²) in [7, 11) is 0. The lowest BCUT2D eigenvalue weighted by molar-refractivity contribution is -0.113. The van der Waals surface area contributed by atoms with Crippen molar-refractivity contribution in [1.82, 2.24) is 14.8 Å². The number of hydrogen-bond acceptors (Lipinski definition) is 8. The molecule has 0 bridgehead atoms. The molecule has 1 unspecified atom stereocenters. The largest absolute Gasteiger partial charge is 0.494 e. The van der Waals surface area contributed by atoms with Crippen molar-refractivity contribution in [2.24, 2.45) is 0 Å². The number of amides is 1. The SMILES string of the molecule is CCOc1ccc(NC(=O)CSc2nnc(N3CCOCC3)n2CC2CCCO2)cc1. The number of morpholine rings is 1. The Kier molecular flexibility index (Phi) is 7.66. The van der Waals surface area contributed by atoms with Gasteiger partial charge in [-0.15, -0.1) is 10.2 Å². The van der Waals surface area contributed by atoms with Crippen LogP contribution in [0.4, 0.5) is 11.6 Å². The molecule has 2 aliphatic heterocycles. The van der Waals surface area contributed by atoms with Gasteiger partial charge in [-0.2, -0.15) is 0 Å². The van der Waals surface area contributed by atoms with Crippen LogP contribution in [0, 0.1) is 0 Å². The van der Waals surface area contributed by atoms with Gasteiger partial charge in [0.05, 0.1) is 38.2 Å². The molecule has 3 heterocycles. The lowest BCUT2D eigenvalue weighted by Gasteiger charge is -2.28. The van der Waals surface area contributed by atoms with Gasteiger partial charge >= 0.3 is 0 Å². The number of nitrogens with zero attached hydrogens (tertiary/aromatic N) is 4. The van der Waals surface area contributed by atoms with Crippen LogP contribution in [-0.4, -0.2) is 72.0 Å². The molecule has 0 spiro atoms. The van der Waals surface area contributed by atoms with E-state index in [1.165, 1.54) is 11.8 Å². The summed E-state index contributed by atoms with van der Waals surface area (Å²) in [5, 5.41) is 12.5. The minimum atomic E-state index is -0.0891. The fourth-order valence-corrected chi connectivity index (χ4v) is 4.41. The molecular formula is C21H29N5O4S. The lowest BCUT2D eigenvalue weighted by atomic mass is 10.2. The van der Waals surface area contributed by atoms with Gasteiger partial charge in [0, 0.05) is 25.4 Å². The Hall–Kier alpha value is -2.30. The number of hydrogen-bond donors (Lipinski definition) is 1. The van der Waals surface area contributed by atoms with Crippen molar-refractivity contribution in [2.45, 2.75) is 37.6 Å². The van der Waals surface area contributed by atoms with E-state index in [4.69, 9.17) is 14.2 Å². The second-order valence-corrected chi connectivity index (χ2v) is 8.36. The Balaban J connectivity index is 1.39. The molecule has 0 saturated carbocycles. The van der Waals surface area contributed by atoms with E-state index in [0.717, 1.165) is 55.1 Å². The third-order valence-corrected chi connectivity index (χ3v) is 6.15. The summed E-state index contributed by atoms with van der Waals surface area (Å²) in [6.45, 7) is 6.98. The average Bonchev–Trinajstić information content (AvgIpc) is 3.45. The van der Waals surface area contributed by atoms with Gasteiger partial charge in [-0.05, 0) is 44.0 Å². The van der Waals surface area contributed by atoms with Crippen molar-refractivity contribution in [3.05, 3.63) is 24.3 Å². The molecule has 168 valence electrons. The summed E-state index contributed by atoms with van der Waals surface area (Å²) in [6, 6.07) is 7.37. The monoisotopic (exact) mass is 447 g/mol. The maximum Gasteiger partial charge on any atom is 0.234 e. The highest BCUT2D eigenvalue weighted by molar-refractivity contribution is 7.99. The fourth-order valence-electron chi connectivity index (χ4n) is 3.67. The van der Waals surface area contributed by atoms with Crippen molar-refractivity contribution >= 4 is 29.3 Å². The smallest absolute Gasteiger partial charge is 0.234 e. The fraction of sp³-hybridized carbons (Fsp3) is 0.571. The van der Waals surface area contributed by atoms with Gasteiger partial charge in [0.25, 0.3) is 0 Å². The predicted octanol–water partition coefficient (Wildman–Crippen LogP) is 2.42. The molecule has 2 aromatic rings. The molecule has 9 nitrogen and oxygen atoms in total. The quantitative estimate of drug-likeness (QED) is 0.586. The second kappa shape index (κ2) is 10.8. The van der Waals surface area contributed by atoms with Crippen LogP contribution in [0.2, 0.25) is 0 Å². The van der Waals surface area contributed by atoms with Crippen LogP contribution in [0.1, 0.15) is 19.8 Å². The van der Waals surface area contributed by atoms with Crippen LogP contribution in [0.5, 0.6) is 5.75 Å². The van der Waals surface area contributed by atoms with Gasteiger partial charge in [0.2, 0.25) is 11.9 Å². The number of benzene rings is 1. The molecule has 1 N–H and O–H groups in total. The van der Waals surface area contributed by atoms with E-state index in [0.29, 0.717) is 26.4 Å². The van der Waals surface area contributed by atoms with Crippen molar-refractivity contribution in [1.29, 1.82) is 0 Å². The summed E-state index contributed by atoms with van der Waals surface area (Å²) < 4.78 is 18.8. The number of aromatic nitrogens is 3. The molecule has 0 aliphatic carbocycles. The number of carbonyl (C=O) groups is 1. The summed E-state index contributed by atoms with van der Waals surface area (Å²) in [4.78, 5) is 14.7. The minimum Gasteiger partial charge on any atom is -0.494 e. The molecule has 1 amide bonds. The van der Waals surface area contributed by atoms with Gasteiger partial charge in [-0.25, -0.2) is 0 Å². The number of ether oxygens (including phenoxy) is 3. The molecule has 1 aromatic carbocycles. The first kappa shape index (κ1) is 21.9. The molecule has 1 atom stereocenters. The molecule has 4 rings (SSSR count). The molecule has 2 fully saturated rings. The normalized spacial score (nSPS) is 18.9. The Morgan fingerprint density at radius 3 is 2.74 bits per heavy atom. The van der Waals surface area contributed by atoms with Crippen LogP contribution < -0.4 is 15.0 Å². The zero-order valence-corrected chi connectivity index (χ0v) is 18.6. The first-order valence-corrected chi connectivity index (χ1v) is 11.7. The Morgan fingerprint density at radius 1 is 1.23 bits per heavy atom. The standard InChI is InChI=1S/C21H29N5O4S/c1-2-29-17-7-5-16(6-8-17)22-19(27)15-31-21-24-23-20(25-9-12-28-13-10-25)26(21)14-18-4-3-11-30-18/h5-8,18H,2-4,9-15H2,1H3,(H,22,27).